The topological polar surface area (TPSA) is 55.1 Å². The van der Waals surface area contributed by atoms with Crippen molar-refractivity contribution in [3.63, 3.8) is 0 Å². The number of hydrogen-bond donors (Lipinski definition) is 2. The van der Waals surface area contributed by atoms with Crippen molar-refractivity contribution in [1.82, 2.24) is 0 Å². The van der Waals surface area contributed by atoms with Crippen molar-refractivity contribution in [1.29, 1.82) is 0 Å². The maximum absolute atomic E-state index is 13.1. The second kappa shape index (κ2) is 4.93. The van der Waals surface area contributed by atoms with Gasteiger partial charge in [0.25, 0.3) is 0 Å². The molecule has 0 aliphatic rings. The Hall–Kier alpha value is -1.63. The molecule has 0 aliphatic heterocycles. The van der Waals surface area contributed by atoms with E-state index in [1.165, 1.54) is 0 Å². The van der Waals surface area contributed by atoms with E-state index >= 15 is 0 Å². The molecule has 3 nitrogen and oxygen atoms in total. The van der Waals surface area contributed by atoms with Crippen LogP contribution in [0.1, 0.15) is 6.42 Å². The molecule has 0 aliphatic carbocycles. The fourth-order valence-electron chi connectivity index (χ4n) is 0.975. The maximum atomic E-state index is 13.1. The number of carbonyl (C=O) groups is 1. The summed E-state index contributed by atoms with van der Waals surface area (Å²) in [4.78, 5) is 11.0. The Labute approximate surface area is 94.4 Å². The van der Waals surface area contributed by atoms with Gasteiger partial charge >= 0.3 is 0 Å². The molecular weight excluding hydrogens is 241 g/mol. The van der Waals surface area contributed by atoms with Gasteiger partial charge in [-0.05, 0) is 12.1 Å². The standard InChI is InChI=1S/C9H7F3N2OS/c10-4-1-2-5(9(12)8(4)11)14-7(15)3-6(13)16/h1-2H,3H2,(H2,13,16)(H,14,15). The molecule has 7 heteroatoms. The van der Waals surface area contributed by atoms with E-state index in [2.05, 4.69) is 12.2 Å². The molecule has 0 aromatic heterocycles. The summed E-state index contributed by atoms with van der Waals surface area (Å²) in [6.45, 7) is 0. The second-order valence-corrected chi connectivity index (χ2v) is 3.44. The van der Waals surface area contributed by atoms with E-state index in [1.54, 1.807) is 0 Å². The van der Waals surface area contributed by atoms with Crippen molar-refractivity contribution in [2.75, 3.05) is 5.32 Å². The minimum Gasteiger partial charge on any atom is -0.393 e. The lowest BCUT2D eigenvalue weighted by Gasteiger charge is -2.06. The Morgan fingerprint density at radius 3 is 2.50 bits per heavy atom. The molecular formula is C9H7F3N2OS. The van der Waals surface area contributed by atoms with E-state index < -0.39 is 29.0 Å². The van der Waals surface area contributed by atoms with Crippen molar-refractivity contribution in [3.8, 4) is 0 Å². The lowest BCUT2D eigenvalue weighted by Crippen LogP contribution is -2.20. The number of amides is 1. The predicted molar refractivity (Wildman–Crippen MR) is 56.3 cm³/mol. The first-order chi connectivity index (χ1) is 7.41. The number of benzene rings is 1. The number of carbonyl (C=O) groups excluding carboxylic acids is 1. The van der Waals surface area contributed by atoms with Gasteiger partial charge in [-0.2, -0.15) is 0 Å². The van der Waals surface area contributed by atoms with Gasteiger partial charge in [0, 0.05) is 0 Å². The van der Waals surface area contributed by atoms with Crippen LogP contribution in [0.4, 0.5) is 18.9 Å². The summed E-state index contributed by atoms with van der Waals surface area (Å²) >= 11 is 4.46. The molecule has 0 fully saturated rings. The summed E-state index contributed by atoms with van der Waals surface area (Å²) < 4.78 is 38.4. The number of nitrogens with two attached hydrogens (primary N) is 1. The highest BCUT2D eigenvalue weighted by atomic mass is 32.1. The Morgan fingerprint density at radius 2 is 1.94 bits per heavy atom. The van der Waals surface area contributed by atoms with Crippen LogP contribution in [0.2, 0.25) is 0 Å². The van der Waals surface area contributed by atoms with Crippen molar-refractivity contribution >= 4 is 28.8 Å². The quantitative estimate of drug-likeness (QED) is 0.632. The molecule has 0 heterocycles. The monoisotopic (exact) mass is 248 g/mol. The van der Waals surface area contributed by atoms with E-state index in [4.69, 9.17) is 5.73 Å². The first-order valence-corrected chi connectivity index (χ1v) is 4.54. The van der Waals surface area contributed by atoms with Crippen LogP contribution >= 0.6 is 12.2 Å². The van der Waals surface area contributed by atoms with Crippen LogP contribution in [-0.4, -0.2) is 10.9 Å². The van der Waals surface area contributed by atoms with Gasteiger partial charge < -0.3 is 11.1 Å². The zero-order chi connectivity index (χ0) is 12.3. The predicted octanol–water partition coefficient (Wildman–Crippen LogP) is 1.72. The molecule has 86 valence electrons. The van der Waals surface area contributed by atoms with E-state index in [0.717, 1.165) is 6.07 Å². The zero-order valence-corrected chi connectivity index (χ0v) is 8.71. The Kier molecular flexibility index (Phi) is 3.83. The Morgan fingerprint density at radius 1 is 1.31 bits per heavy atom. The second-order valence-electron chi connectivity index (χ2n) is 2.91. The number of hydrogen-bond acceptors (Lipinski definition) is 2. The highest BCUT2D eigenvalue weighted by molar-refractivity contribution is 7.80. The fourth-order valence-corrected chi connectivity index (χ4v) is 1.11. The van der Waals surface area contributed by atoms with Crippen molar-refractivity contribution < 1.29 is 18.0 Å². The Bertz CT molecular complexity index is 451. The smallest absolute Gasteiger partial charge is 0.231 e. The number of rotatable bonds is 3. The summed E-state index contributed by atoms with van der Waals surface area (Å²) in [5, 5.41) is 2.02. The largest absolute Gasteiger partial charge is 0.393 e. The molecule has 1 amide bonds. The van der Waals surface area contributed by atoms with Gasteiger partial charge in [0.2, 0.25) is 5.91 Å². The van der Waals surface area contributed by atoms with Gasteiger partial charge in [-0.1, -0.05) is 12.2 Å². The first-order valence-electron chi connectivity index (χ1n) is 4.13. The average molecular weight is 248 g/mol. The van der Waals surface area contributed by atoms with Crippen LogP contribution < -0.4 is 11.1 Å². The SMILES string of the molecule is NC(=S)CC(=O)Nc1ccc(F)c(F)c1F. The van der Waals surface area contributed by atoms with Crippen LogP contribution in [-0.2, 0) is 4.79 Å². The third-order valence-electron chi connectivity index (χ3n) is 1.64. The molecule has 0 radical (unpaired) electrons. The van der Waals surface area contributed by atoms with E-state index in [-0.39, 0.29) is 11.4 Å². The van der Waals surface area contributed by atoms with Gasteiger partial charge in [0.05, 0.1) is 17.1 Å². The third-order valence-corrected chi connectivity index (χ3v) is 1.79. The molecule has 0 unspecified atom stereocenters. The van der Waals surface area contributed by atoms with Crippen LogP contribution in [0.15, 0.2) is 12.1 Å². The van der Waals surface area contributed by atoms with Gasteiger partial charge in [-0.3, -0.25) is 4.79 Å². The summed E-state index contributed by atoms with van der Waals surface area (Å²) in [6, 6.07) is 1.61. The van der Waals surface area contributed by atoms with E-state index in [0.29, 0.717) is 6.07 Å². The number of nitrogens with one attached hydrogen (secondary N) is 1. The van der Waals surface area contributed by atoms with Crippen LogP contribution in [0.25, 0.3) is 0 Å². The summed E-state index contributed by atoms with van der Waals surface area (Å²) in [7, 11) is 0. The van der Waals surface area contributed by atoms with Crippen LogP contribution in [0.5, 0.6) is 0 Å². The van der Waals surface area contributed by atoms with Crippen molar-refractivity contribution in [2.24, 2.45) is 5.73 Å². The van der Waals surface area contributed by atoms with Crippen LogP contribution in [0.3, 0.4) is 0 Å². The lowest BCUT2D eigenvalue weighted by molar-refractivity contribution is -0.115. The minimum atomic E-state index is -1.65. The normalized spacial score (nSPS) is 9.94. The highest BCUT2D eigenvalue weighted by Gasteiger charge is 2.15. The molecule has 0 saturated heterocycles. The molecule has 16 heavy (non-hydrogen) atoms. The molecule has 1 rings (SSSR count). The first kappa shape index (κ1) is 12.4. The molecule has 0 spiro atoms. The molecule has 0 atom stereocenters. The third kappa shape index (κ3) is 2.93. The van der Waals surface area contributed by atoms with Crippen molar-refractivity contribution in [3.05, 3.63) is 29.6 Å². The summed E-state index contributed by atoms with van der Waals surface area (Å²) in [5.74, 6) is -5.13. The van der Waals surface area contributed by atoms with E-state index in [1.807, 2.05) is 5.32 Å². The van der Waals surface area contributed by atoms with Gasteiger partial charge in [-0.25, -0.2) is 13.2 Å². The molecule has 0 saturated carbocycles. The lowest BCUT2D eigenvalue weighted by atomic mass is 10.2. The van der Waals surface area contributed by atoms with Gasteiger partial charge in [0.15, 0.2) is 17.5 Å². The number of thiocarbonyl (C=S) groups is 1. The molecule has 1 aromatic rings. The average Bonchev–Trinajstić information content (AvgIpc) is 2.18. The molecule has 1 aromatic carbocycles. The summed E-state index contributed by atoms with van der Waals surface area (Å²) in [5.41, 5.74) is 4.62. The molecule has 3 N–H and O–H groups in total. The maximum Gasteiger partial charge on any atom is 0.231 e. The zero-order valence-electron chi connectivity index (χ0n) is 7.89. The van der Waals surface area contributed by atoms with Crippen molar-refractivity contribution in [2.45, 2.75) is 6.42 Å². The summed E-state index contributed by atoms with van der Waals surface area (Å²) in [6.07, 6.45) is -0.298. The highest BCUT2D eigenvalue weighted by Crippen LogP contribution is 2.19. The van der Waals surface area contributed by atoms with Gasteiger partial charge in [-0.15, -0.1) is 0 Å². The Balaban J connectivity index is 2.86. The minimum absolute atomic E-state index is 0.0829. The fraction of sp³-hybridized carbons (Fsp3) is 0.111. The van der Waals surface area contributed by atoms with E-state index in [9.17, 15) is 18.0 Å². The van der Waals surface area contributed by atoms with Crippen LogP contribution in [0, 0.1) is 17.5 Å². The number of halogens is 3. The van der Waals surface area contributed by atoms with Gasteiger partial charge in [0.1, 0.15) is 0 Å². The number of anilines is 1. The molecule has 0 bridgehead atoms.